The molecule has 0 saturated carbocycles. The first-order valence-electron chi connectivity index (χ1n) is 8.93. The molecule has 2 aliphatic heterocycles. The van der Waals surface area contributed by atoms with Crippen molar-refractivity contribution in [3.63, 3.8) is 0 Å². The number of hydrogen-bond donors (Lipinski definition) is 0. The van der Waals surface area contributed by atoms with Crippen molar-refractivity contribution >= 4 is 11.8 Å². The van der Waals surface area contributed by atoms with Crippen LogP contribution in [0.2, 0.25) is 0 Å². The predicted octanol–water partition coefficient (Wildman–Crippen LogP) is 2.98. The lowest BCUT2D eigenvalue weighted by Crippen LogP contribution is -2.65. The van der Waals surface area contributed by atoms with E-state index in [1.54, 1.807) is 0 Å². The Kier molecular flexibility index (Phi) is 4.36. The second-order valence-electron chi connectivity index (χ2n) is 6.87. The molecule has 4 nitrogen and oxygen atoms in total. The molecule has 4 heteroatoms. The second kappa shape index (κ2) is 6.81. The Hall–Kier alpha value is -2.46. The van der Waals surface area contributed by atoms with Crippen LogP contribution in [0.25, 0.3) is 0 Å². The van der Waals surface area contributed by atoms with Crippen molar-refractivity contribution in [2.24, 2.45) is 0 Å². The highest BCUT2D eigenvalue weighted by Crippen LogP contribution is 2.32. The third-order valence-corrected chi connectivity index (χ3v) is 5.25. The van der Waals surface area contributed by atoms with E-state index in [1.807, 2.05) is 48.5 Å². The molecule has 128 valence electrons. The van der Waals surface area contributed by atoms with Crippen LogP contribution in [0.1, 0.15) is 30.4 Å². The zero-order valence-corrected chi connectivity index (χ0v) is 14.2. The maximum absolute atomic E-state index is 13.0. The standard InChI is InChI=1S/C21H22N2O2/c24-20-18-12-7-13-19(22(18)14-16-8-3-1-4-9-16)21(25)23(20)15-17-10-5-2-6-11-17/h1-6,8-11,18-19H,7,12-15H2/t18-,19?/m1/s1. The molecule has 0 N–H and O–H groups in total. The minimum Gasteiger partial charge on any atom is -0.276 e. The Balaban J connectivity index is 1.58. The van der Waals surface area contributed by atoms with Crippen molar-refractivity contribution < 1.29 is 9.59 Å². The Morgan fingerprint density at radius 3 is 1.72 bits per heavy atom. The number of nitrogens with zero attached hydrogens (tertiary/aromatic N) is 2. The second-order valence-corrected chi connectivity index (χ2v) is 6.87. The molecular weight excluding hydrogens is 312 g/mol. The molecule has 0 radical (unpaired) electrons. The van der Waals surface area contributed by atoms with Crippen LogP contribution in [0, 0.1) is 0 Å². The van der Waals surface area contributed by atoms with Gasteiger partial charge in [0.05, 0.1) is 18.6 Å². The summed E-state index contributed by atoms with van der Waals surface area (Å²) in [6.07, 6.45) is 2.61. The fourth-order valence-electron chi connectivity index (χ4n) is 3.99. The summed E-state index contributed by atoms with van der Waals surface area (Å²) in [5.74, 6) is -0.0820. The number of hydrogen-bond acceptors (Lipinski definition) is 3. The van der Waals surface area contributed by atoms with E-state index in [0.717, 1.165) is 30.4 Å². The molecule has 2 heterocycles. The lowest BCUT2D eigenvalue weighted by Gasteiger charge is -2.47. The fraction of sp³-hybridized carbons (Fsp3) is 0.333. The van der Waals surface area contributed by atoms with E-state index in [2.05, 4.69) is 17.0 Å². The molecule has 0 aromatic heterocycles. The van der Waals surface area contributed by atoms with Gasteiger partial charge in [-0.05, 0) is 30.4 Å². The zero-order valence-electron chi connectivity index (χ0n) is 14.2. The maximum Gasteiger partial charge on any atom is 0.246 e. The average molecular weight is 334 g/mol. The largest absolute Gasteiger partial charge is 0.276 e. The van der Waals surface area contributed by atoms with Crippen molar-refractivity contribution in [1.82, 2.24) is 9.80 Å². The Morgan fingerprint density at radius 1 is 0.720 bits per heavy atom. The third-order valence-electron chi connectivity index (χ3n) is 5.25. The number of imide groups is 1. The van der Waals surface area contributed by atoms with Crippen LogP contribution in [0.5, 0.6) is 0 Å². The lowest BCUT2D eigenvalue weighted by atomic mass is 9.89. The van der Waals surface area contributed by atoms with Gasteiger partial charge in [0.1, 0.15) is 0 Å². The van der Waals surface area contributed by atoms with Gasteiger partial charge in [0.15, 0.2) is 0 Å². The first-order chi connectivity index (χ1) is 12.2. The third kappa shape index (κ3) is 3.10. The number of carbonyl (C=O) groups is 2. The molecule has 0 spiro atoms. The summed E-state index contributed by atoms with van der Waals surface area (Å²) in [5, 5.41) is 0. The number of amides is 2. The van der Waals surface area contributed by atoms with E-state index < -0.39 is 0 Å². The molecule has 0 aliphatic carbocycles. The SMILES string of the molecule is O=C1C2CCC[C@H](C(=O)N1Cc1ccccc1)N2Cc1ccccc1. The highest BCUT2D eigenvalue weighted by molar-refractivity contribution is 6.03. The predicted molar refractivity (Wildman–Crippen MR) is 95.4 cm³/mol. The van der Waals surface area contributed by atoms with Gasteiger partial charge in [0.25, 0.3) is 0 Å². The summed E-state index contributed by atoms with van der Waals surface area (Å²) in [5.41, 5.74) is 2.15. The minimum absolute atomic E-state index is 0.0410. The van der Waals surface area contributed by atoms with Crippen molar-refractivity contribution in [1.29, 1.82) is 0 Å². The Bertz CT molecular complexity index is 736. The molecule has 2 aliphatic rings. The van der Waals surface area contributed by atoms with E-state index in [-0.39, 0.29) is 23.9 Å². The van der Waals surface area contributed by atoms with E-state index in [1.165, 1.54) is 4.90 Å². The van der Waals surface area contributed by atoms with E-state index in [0.29, 0.717) is 13.1 Å². The molecule has 2 aromatic carbocycles. The molecule has 2 bridgehead atoms. The Morgan fingerprint density at radius 2 is 1.20 bits per heavy atom. The van der Waals surface area contributed by atoms with E-state index in [9.17, 15) is 9.59 Å². The summed E-state index contributed by atoms with van der Waals surface area (Å²) in [6.45, 7) is 1.04. The van der Waals surface area contributed by atoms with Gasteiger partial charge in [0.2, 0.25) is 11.8 Å². The van der Waals surface area contributed by atoms with Gasteiger partial charge in [-0.1, -0.05) is 60.7 Å². The molecule has 2 fully saturated rings. The highest BCUT2D eigenvalue weighted by Gasteiger charge is 2.48. The summed E-state index contributed by atoms with van der Waals surface area (Å²) in [7, 11) is 0. The van der Waals surface area contributed by atoms with Crippen molar-refractivity contribution in [3.05, 3.63) is 71.8 Å². The monoisotopic (exact) mass is 334 g/mol. The number of piperazine rings is 1. The molecule has 25 heavy (non-hydrogen) atoms. The topological polar surface area (TPSA) is 40.6 Å². The van der Waals surface area contributed by atoms with Crippen LogP contribution in [0.15, 0.2) is 60.7 Å². The van der Waals surface area contributed by atoms with Gasteiger partial charge in [0, 0.05) is 6.54 Å². The fourth-order valence-corrected chi connectivity index (χ4v) is 3.99. The molecule has 2 amide bonds. The van der Waals surface area contributed by atoms with Crippen LogP contribution in [-0.4, -0.2) is 33.7 Å². The average Bonchev–Trinajstić information content (AvgIpc) is 2.66. The van der Waals surface area contributed by atoms with Gasteiger partial charge in [-0.3, -0.25) is 19.4 Å². The number of benzene rings is 2. The van der Waals surface area contributed by atoms with Crippen molar-refractivity contribution in [2.75, 3.05) is 0 Å². The maximum atomic E-state index is 13.0. The lowest BCUT2D eigenvalue weighted by molar-refractivity contribution is -0.165. The van der Waals surface area contributed by atoms with E-state index >= 15 is 0 Å². The summed E-state index contributed by atoms with van der Waals surface area (Å²) >= 11 is 0. The summed E-state index contributed by atoms with van der Waals surface area (Å²) < 4.78 is 0. The van der Waals surface area contributed by atoms with Crippen LogP contribution in [0.3, 0.4) is 0 Å². The zero-order chi connectivity index (χ0) is 17.2. The molecule has 2 saturated heterocycles. The number of likely N-dealkylation sites (tertiary alicyclic amines) is 1. The van der Waals surface area contributed by atoms with Gasteiger partial charge < -0.3 is 0 Å². The molecule has 2 atom stereocenters. The Labute approximate surface area is 148 Å². The quantitative estimate of drug-likeness (QED) is 0.807. The molecule has 1 unspecified atom stereocenters. The van der Waals surface area contributed by atoms with Crippen molar-refractivity contribution in [2.45, 2.75) is 44.4 Å². The number of rotatable bonds is 4. The number of piperidine rings is 1. The van der Waals surface area contributed by atoms with Crippen LogP contribution >= 0.6 is 0 Å². The van der Waals surface area contributed by atoms with Crippen LogP contribution < -0.4 is 0 Å². The molecular formula is C21H22N2O2. The first kappa shape index (κ1) is 16.0. The number of fused-ring (bicyclic) bond motifs is 2. The summed E-state index contributed by atoms with van der Waals surface area (Å²) in [6, 6.07) is 19.5. The number of carbonyl (C=O) groups excluding carboxylic acids is 2. The first-order valence-corrected chi connectivity index (χ1v) is 8.93. The van der Waals surface area contributed by atoms with E-state index in [4.69, 9.17) is 0 Å². The van der Waals surface area contributed by atoms with Gasteiger partial charge in [-0.15, -0.1) is 0 Å². The normalized spacial score (nSPS) is 23.8. The van der Waals surface area contributed by atoms with Gasteiger partial charge in [-0.25, -0.2) is 0 Å². The summed E-state index contributed by atoms with van der Waals surface area (Å²) in [4.78, 5) is 29.6. The van der Waals surface area contributed by atoms with Crippen LogP contribution in [-0.2, 0) is 22.7 Å². The molecule has 4 rings (SSSR count). The smallest absolute Gasteiger partial charge is 0.246 e. The van der Waals surface area contributed by atoms with Crippen LogP contribution in [0.4, 0.5) is 0 Å². The van der Waals surface area contributed by atoms with Gasteiger partial charge in [-0.2, -0.15) is 0 Å². The van der Waals surface area contributed by atoms with Gasteiger partial charge >= 0.3 is 0 Å². The molecule has 2 aromatic rings. The van der Waals surface area contributed by atoms with Crippen molar-refractivity contribution in [3.8, 4) is 0 Å². The minimum atomic E-state index is -0.180. The highest BCUT2D eigenvalue weighted by atomic mass is 16.2.